The van der Waals surface area contributed by atoms with Gasteiger partial charge < -0.3 is 0 Å². The first-order valence-corrected chi connectivity index (χ1v) is 16.0. The summed E-state index contributed by atoms with van der Waals surface area (Å²) in [6.45, 7) is 0. The second-order valence-electron chi connectivity index (χ2n) is 8.76. The molecule has 4 aromatic carbocycles. The van der Waals surface area contributed by atoms with Gasteiger partial charge in [0.15, 0.2) is 0 Å². The number of benzene rings is 4. The van der Waals surface area contributed by atoms with Gasteiger partial charge in [-0.15, -0.1) is 24.8 Å². The Kier molecular flexibility index (Phi) is 8.93. The van der Waals surface area contributed by atoms with Gasteiger partial charge in [0.1, 0.15) is 0 Å². The minimum absolute atomic E-state index is 0. The van der Waals surface area contributed by atoms with Crippen LogP contribution in [-0.2, 0) is 27.7 Å². The third-order valence-corrected chi connectivity index (χ3v) is 14.8. The molecule has 0 bridgehead atoms. The van der Waals surface area contributed by atoms with Crippen molar-refractivity contribution in [2.24, 2.45) is 0 Å². The van der Waals surface area contributed by atoms with Gasteiger partial charge in [0.05, 0.1) is 0 Å². The van der Waals surface area contributed by atoms with Crippen molar-refractivity contribution >= 4 is 54.5 Å². The van der Waals surface area contributed by atoms with Crippen LogP contribution in [0.5, 0.6) is 0 Å². The van der Waals surface area contributed by atoms with E-state index in [4.69, 9.17) is 23.2 Å². The normalized spacial score (nSPS) is 12.7. The van der Waals surface area contributed by atoms with Crippen molar-refractivity contribution in [2.45, 2.75) is 12.8 Å². The van der Waals surface area contributed by atoms with Gasteiger partial charge in [-0.25, -0.2) is 0 Å². The van der Waals surface area contributed by atoms with Crippen molar-refractivity contribution in [3.63, 3.8) is 0 Å². The summed E-state index contributed by atoms with van der Waals surface area (Å²) in [7, 11) is 0. The van der Waals surface area contributed by atoms with Crippen LogP contribution >= 0.6 is 48.0 Å². The second-order valence-corrected chi connectivity index (χ2v) is 15.6. The monoisotopic (exact) mass is 626 g/mol. The van der Waals surface area contributed by atoms with Crippen LogP contribution < -0.4 is 3.27 Å². The van der Waals surface area contributed by atoms with Crippen LogP contribution in [0.25, 0.3) is 11.1 Å². The molecule has 6 rings (SSSR count). The summed E-state index contributed by atoms with van der Waals surface area (Å²) < 4.78 is 4.58. The SMILES string of the molecule is Cl.Cl.Clc1cccc([C](c2cccc(Cl)c2)=[Zr]([C]2=CC=CC2)[c]2cccc3c2Cc2ccccc2-3)c1. The van der Waals surface area contributed by atoms with E-state index < -0.39 is 21.3 Å². The third-order valence-electron chi connectivity index (χ3n) is 6.69. The summed E-state index contributed by atoms with van der Waals surface area (Å²) in [6, 6.07) is 32.5. The van der Waals surface area contributed by atoms with E-state index >= 15 is 0 Å². The van der Waals surface area contributed by atoms with Crippen LogP contribution in [0, 0.1) is 0 Å². The molecular formula is C31H24Cl4Zr. The average Bonchev–Trinajstić information content (AvgIpc) is 3.51. The summed E-state index contributed by atoms with van der Waals surface area (Å²) in [6.07, 6.45) is 8.91. The summed E-state index contributed by atoms with van der Waals surface area (Å²) in [5, 5.41) is 1.54. The molecule has 0 unspecified atom stereocenters. The number of fused-ring (bicyclic) bond motifs is 3. The number of hydrogen-bond acceptors (Lipinski definition) is 0. The summed E-state index contributed by atoms with van der Waals surface area (Å²) in [5.41, 5.74) is 8.14. The molecule has 0 atom stereocenters. The molecule has 36 heavy (non-hydrogen) atoms. The van der Waals surface area contributed by atoms with Gasteiger partial charge in [0, 0.05) is 0 Å². The van der Waals surface area contributed by atoms with Crippen molar-refractivity contribution in [1.29, 1.82) is 0 Å². The Labute approximate surface area is 242 Å². The Morgan fingerprint density at radius 2 is 1.33 bits per heavy atom. The molecule has 2 aliphatic rings. The zero-order valence-electron chi connectivity index (χ0n) is 19.4. The zero-order valence-corrected chi connectivity index (χ0v) is 25.0. The van der Waals surface area contributed by atoms with Gasteiger partial charge in [-0.3, -0.25) is 0 Å². The molecule has 0 fully saturated rings. The molecule has 0 spiro atoms. The molecule has 0 N–H and O–H groups in total. The van der Waals surface area contributed by atoms with Gasteiger partial charge in [0.25, 0.3) is 0 Å². The molecule has 2 aliphatic carbocycles. The Hall–Kier alpha value is -1.73. The van der Waals surface area contributed by atoms with Crippen LogP contribution in [0.2, 0.25) is 10.0 Å². The standard InChI is InChI=1S/C13H8Cl2.C13H9.C5H5.2ClH.Zr/c14-12-5-1-3-10(8-12)7-11-4-2-6-13(15)9-11;1-3-7-12-10(5-1)9-11-6-2-4-8-13(11)12;1-2-4-5-3-1;;;/h1-6,8-9H;1-5,7-8H,9H2;1-3H,4H2;2*1H;. The number of rotatable bonds is 4. The summed E-state index contributed by atoms with van der Waals surface area (Å²) >= 11 is 10.4. The summed E-state index contributed by atoms with van der Waals surface area (Å²) in [5.74, 6) is 0. The molecule has 0 aliphatic heterocycles. The van der Waals surface area contributed by atoms with Crippen molar-refractivity contribution < 1.29 is 21.3 Å². The molecule has 0 aromatic heterocycles. The van der Waals surface area contributed by atoms with E-state index in [9.17, 15) is 0 Å². The van der Waals surface area contributed by atoms with Crippen LogP contribution in [0.3, 0.4) is 0 Å². The second kappa shape index (κ2) is 11.8. The van der Waals surface area contributed by atoms with Gasteiger partial charge >= 0.3 is 220 Å². The van der Waals surface area contributed by atoms with Gasteiger partial charge in [-0.2, -0.15) is 0 Å². The maximum absolute atomic E-state index is 6.53. The Morgan fingerprint density at radius 3 is 1.97 bits per heavy atom. The predicted octanol–water partition coefficient (Wildman–Crippen LogP) is 8.76. The molecule has 0 radical (unpaired) electrons. The molecular weight excluding hydrogens is 605 g/mol. The Balaban J connectivity index is 0.00000152. The zero-order chi connectivity index (χ0) is 23.1. The maximum atomic E-state index is 6.53. The molecule has 0 saturated carbocycles. The van der Waals surface area contributed by atoms with E-state index in [0.717, 1.165) is 22.9 Å². The first-order chi connectivity index (χ1) is 16.7. The molecule has 180 valence electrons. The van der Waals surface area contributed by atoms with E-state index in [1.165, 1.54) is 36.6 Å². The van der Waals surface area contributed by atoms with Crippen LogP contribution in [0.4, 0.5) is 0 Å². The molecule has 0 nitrogen and oxygen atoms in total. The fourth-order valence-electron chi connectivity index (χ4n) is 5.24. The third kappa shape index (κ3) is 5.15. The molecule has 5 heteroatoms. The van der Waals surface area contributed by atoms with Crippen molar-refractivity contribution in [3.05, 3.63) is 145 Å². The van der Waals surface area contributed by atoms with Crippen LogP contribution in [-0.4, -0.2) is 3.21 Å². The number of allylic oxidation sites excluding steroid dienone is 4. The van der Waals surface area contributed by atoms with Crippen molar-refractivity contribution in [3.8, 4) is 11.1 Å². The predicted molar refractivity (Wildman–Crippen MR) is 157 cm³/mol. The fraction of sp³-hybridized carbons (Fsp3) is 0.0645. The average molecular weight is 630 g/mol. The van der Waals surface area contributed by atoms with E-state index in [2.05, 4.69) is 97.1 Å². The van der Waals surface area contributed by atoms with Gasteiger partial charge in [-0.05, 0) is 0 Å². The molecule has 0 amide bonds. The first-order valence-electron chi connectivity index (χ1n) is 11.5. The molecule has 0 saturated heterocycles. The molecule has 4 aromatic rings. The topological polar surface area (TPSA) is 0 Å². The molecule has 0 heterocycles. The number of halogens is 4. The Morgan fingerprint density at radius 1 is 0.694 bits per heavy atom. The van der Waals surface area contributed by atoms with Gasteiger partial charge in [-0.1, -0.05) is 0 Å². The quantitative estimate of drug-likeness (QED) is 0.187. The van der Waals surface area contributed by atoms with Crippen molar-refractivity contribution in [2.75, 3.05) is 0 Å². The van der Waals surface area contributed by atoms with Crippen LogP contribution in [0.1, 0.15) is 28.7 Å². The van der Waals surface area contributed by atoms with E-state index in [1.54, 1.807) is 6.55 Å². The first kappa shape index (κ1) is 27.3. The minimum atomic E-state index is -2.63. The summed E-state index contributed by atoms with van der Waals surface area (Å²) in [4.78, 5) is 0. The van der Waals surface area contributed by atoms with Gasteiger partial charge in [0.2, 0.25) is 0 Å². The van der Waals surface area contributed by atoms with Crippen molar-refractivity contribution in [1.82, 2.24) is 0 Å². The van der Waals surface area contributed by atoms with E-state index in [1.807, 2.05) is 12.1 Å². The van der Waals surface area contributed by atoms with Crippen LogP contribution in [0.15, 0.2) is 113 Å². The van der Waals surface area contributed by atoms with E-state index in [0.29, 0.717) is 0 Å². The number of hydrogen-bond donors (Lipinski definition) is 0. The fourth-order valence-corrected chi connectivity index (χ4v) is 13.5. The Bertz CT molecular complexity index is 1480. The van der Waals surface area contributed by atoms with E-state index in [-0.39, 0.29) is 24.8 Å².